The Hall–Kier alpha value is -1.88. The van der Waals surface area contributed by atoms with Gasteiger partial charge in [0.2, 0.25) is 0 Å². The third kappa shape index (κ3) is 2.78. The largest absolute Gasteiger partial charge is 0.409 e. The number of fused-ring (bicyclic) bond motifs is 1. The lowest BCUT2D eigenvalue weighted by Gasteiger charge is -2.24. The van der Waals surface area contributed by atoms with E-state index in [0.717, 1.165) is 35.2 Å². The highest BCUT2D eigenvalue weighted by Gasteiger charge is 2.15. The van der Waals surface area contributed by atoms with Crippen molar-refractivity contribution in [1.29, 1.82) is 0 Å². The number of hydrogen-bond acceptors (Lipinski definition) is 4. The standard InChI is InChI=1S/C16H19N3OS/c17-16(18-20)14-6-7-15(13-5-2-1-4-12(13)14)19-8-3-10-21-11-9-19/h1-2,4-7,20H,3,8-11H2,(H2,17,18). The first-order chi connectivity index (χ1) is 10.3. The minimum absolute atomic E-state index is 0.157. The molecule has 1 fully saturated rings. The number of thioether (sulfide) groups is 1. The Morgan fingerprint density at radius 3 is 2.71 bits per heavy atom. The quantitative estimate of drug-likeness (QED) is 0.387. The van der Waals surface area contributed by atoms with E-state index in [-0.39, 0.29) is 5.84 Å². The number of hydrogen-bond donors (Lipinski definition) is 2. The summed E-state index contributed by atoms with van der Waals surface area (Å²) in [7, 11) is 0. The van der Waals surface area contributed by atoms with Crippen LogP contribution in [0.25, 0.3) is 10.8 Å². The van der Waals surface area contributed by atoms with E-state index in [9.17, 15) is 0 Å². The number of benzene rings is 2. The monoisotopic (exact) mass is 301 g/mol. The van der Waals surface area contributed by atoms with Gasteiger partial charge in [-0.2, -0.15) is 11.8 Å². The van der Waals surface area contributed by atoms with Gasteiger partial charge in [-0.25, -0.2) is 0 Å². The van der Waals surface area contributed by atoms with Gasteiger partial charge in [0, 0.05) is 35.5 Å². The second-order valence-electron chi connectivity index (χ2n) is 5.12. The van der Waals surface area contributed by atoms with E-state index in [2.05, 4.69) is 22.2 Å². The van der Waals surface area contributed by atoms with Crippen LogP contribution in [0, 0.1) is 0 Å². The van der Waals surface area contributed by atoms with Gasteiger partial charge in [0.1, 0.15) is 0 Å². The van der Waals surface area contributed by atoms with Gasteiger partial charge in [0.25, 0.3) is 0 Å². The molecule has 5 heteroatoms. The summed E-state index contributed by atoms with van der Waals surface area (Å²) in [6.07, 6.45) is 1.21. The zero-order valence-corrected chi connectivity index (χ0v) is 12.6. The Balaban J connectivity index is 2.12. The summed E-state index contributed by atoms with van der Waals surface area (Å²) < 4.78 is 0. The molecule has 3 N–H and O–H groups in total. The van der Waals surface area contributed by atoms with Gasteiger partial charge < -0.3 is 15.8 Å². The first kappa shape index (κ1) is 14.1. The Bertz CT molecular complexity index is 664. The molecule has 21 heavy (non-hydrogen) atoms. The van der Waals surface area contributed by atoms with Crippen LogP contribution in [-0.2, 0) is 0 Å². The zero-order chi connectivity index (χ0) is 14.7. The van der Waals surface area contributed by atoms with Crippen molar-refractivity contribution in [3.63, 3.8) is 0 Å². The van der Waals surface area contributed by atoms with Gasteiger partial charge in [-0.15, -0.1) is 0 Å². The molecule has 1 saturated heterocycles. The van der Waals surface area contributed by atoms with Crippen LogP contribution in [0.4, 0.5) is 5.69 Å². The highest BCUT2D eigenvalue weighted by Crippen LogP contribution is 2.30. The molecule has 2 aromatic rings. The molecule has 0 radical (unpaired) electrons. The van der Waals surface area contributed by atoms with Gasteiger partial charge in [-0.3, -0.25) is 0 Å². The highest BCUT2D eigenvalue weighted by molar-refractivity contribution is 7.99. The number of amidine groups is 1. The van der Waals surface area contributed by atoms with Gasteiger partial charge in [-0.05, 0) is 29.7 Å². The third-order valence-corrected chi connectivity index (χ3v) is 4.90. The molecule has 1 aliphatic heterocycles. The lowest BCUT2D eigenvalue weighted by atomic mass is 10.0. The summed E-state index contributed by atoms with van der Waals surface area (Å²) in [5.74, 6) is 2.55. The molecule has 0 saturated carbocycles. The molecule has 0 amide bonds. The van der Waals surface area contributed by atoms with Crippen LogP contribution in [-0.4, -0.2) is 35.6 Å². The first-order valence-electron chi connectivity index (χ1n) is 7.13. The fourth-order valence-corrected chi connectivity index (χ4v) is 3.71. The molecule has 0 spiro atoms. The summed E-state index contributed by atoms with van der Waals surface area (Å²) in [5.41, 5.74) is 7.81. The van der Waals surface area contributed by atoms with Crippen LogP contribution in [0.3, 0.4) is 0 Å². The number of nitrogens with zero attached hydrogens (tertiary/aromatic N) is 2. The van der Waals surface area contributed by atoms with Crippen molar-refractivity contribution in [3.05, 3.63) is 42.0 Å². The molecule has 1 aliphatic rings. The highest BCUT2D eigenvalue weighted by atomic mass is 32.2. The van der Waals surface area contributed by atoms with Crippen LogP contribution in [0.1, 0.15) is 12.0 Å². The number of oxime groups is 1. The van der Waals surface area contributed by atoms with Crippen molar-refractivity contribution in [1.82, 2.24) is 0 Å². The fraction of sp³-hybridized carbons (Fsp3) is 0.312. The molecule has 0 unspecified atom stereocenters. The average molecular weight is 301 g/mol. The summed E-state index contributed by atoms with van der Waals surface area (Å²) in [6.45, 7) is 2.15. The molecule has 4 nitrogen and oxygen atoms in total. The predicted octanol–water partition coefficient (Wildman–Crippen LogP) is 2.88. The lowest BCUT2D eigenvalue weighted by molar-refractivity contribution is 0.318. The van der Waals surface area contributed by atoms with Crippen molar-refractivity contribution in [3.8, 4) is 0 Å². The molecule has 2 aromatic carbocycles. The molecular formula is C16H19N3OS. The Morgan fingerprint density at radius 2 is 1.90 bits per heavy atom. The van der Waals surface area contributed by atoms with Crippen molar-refractivity contribution >= 4 is 34.1 Å². The maximum atomic E-state index is 8.95. The van der Waals surface area contributed by atoms with Crippen LogP contribution in [0.5, 0.6) is 0 Å². The van der Waals surface area contributed by atoms with Crippen molar-refractivity contribution in [2.45, 2.75) is 6.42 Å². The van der Waals surface area contributed by atoms with E-state index >= 15 is 0 Å². The van der Waals surface area contributed by atoms with E-state index in [1.807, 2.05) is 36.0 Å². The van der Waals surface area contributed by atoms with Crippen LogP contribution in [0.2, 0.25) is 0 Å². The second-order valence-corrected chi connectivity index (χ2v) is 6.34. The van der Waals surface area contributed by atoms with Crippen LogP contribution >= 0.6 is 11.8 Å². The normalized spacial score (nSPS) is 17.0. The van der Waals surface area contributed by atoms with Crippen molar-refractivity contribution in [2.75, 3.05) is 29.5 Å². The predicted molar refractivity (Wildman–Crippen MR) is 90.6 cm³/mol. The average Bonchev–Trinajstić information content (AvgIpc) is 2.82. The SMILES string of the molecule is N/C(=N/O)c1ccc(N2CCCSCC2)c2ccccc12. The molecule has 1 heterocycles. The molecule has 0 bridgehead atoms. The number of rotatable bonds is 2. The van der Waals surface area contributed by atoms with E-state index in [0.29, 0.717) is 0 Å². The van der Waals surface area contributed by atoms with Gasteiger partial charge in [0.05, 0.1) is 0 Å². The molecule has 0 atom stereocenters. The zero-order valence-electron chi connectivity index (χ0n) is 11.8. The first-order valence-corrected chi connectivity index (χ1v) is 8.29. The second kappa shape index (κ2) is 6.26. The Morgan fingerprint density at radius 1 is 1.10 bits per heavy atom. The van der Waals surface area contributed by atoms with Crippen LogP contribution < -0.4 is 10.6 Å². The maximum absolute atomic E-state index is 8.95. The third-order valence-electron chi connectivity index (χ3n) is 3.85. The minimum Gasteiger partial charge on any atom is -0.409 e. The molecule has 0 aliphatic carbocycles. The summed E-state index contributed by atoms with van der Waals surface area (Å²) in [6, 6.07) is 12.2. The summed E-state index contributed by atoms with van der Waals surface area (Å²) in [4.78, 5) is 2.44. The molecular weight excluding hydrogens is 282 g/mol. The maximum Gasteiger partial charge on any atom is 0.170 e. The fourth-order valence-electron chi connectivity index (χ4n) is 2.82. The molecule has 0 aromatic heterocycles. The number of anilines is 1. The molecule has 3 rings (SSSR count). The Labute approximate surface area is 128 Å². The lowest BCUT2D eigenvalue weighted by Crippen LogP contribution is -2.26. The Kier molecular flexibility index (Phi) is 4.20. The summed E-state index contributed by atoms with van der Waals surface area (Å²) in [5, 5.41) is 14.3. The van der Waals surface area contributed by atoms with Crippen molar-refractivity contribution in [2.24, 2.45) is 10.9 Å². The van der Waals surface area contributed by atoms with Crippen LogP contribution in [0.15, 0.2) is 41.6 Å². The van der Waals surface area contributed by atoms with Gasteiger partial charge >= 0.3 is 0 Å². The smallest absolute Gasteiger partial charge is 0.170 e. The van der Waals surface area contributed by atoms with E-state index in [1.54, 1.807) is 0 Å². The molecule has 110 valence electrons. The van der Waals surface area contributed by atoms with E-state index < -0.39 is 0 Å². The van der Waals surface area contributed by atoms with E-state index in [4.69, 9.17) is 10.9 Å². The van der Waals surface area contributed by atoms with Gasteiger partial charge in [0.15, 0.2) is 5.84 Å². The minimum atomic E-state index is 0.157. The summed E-state index contributed by atoms with van der Waals surface area (Å²) >= 11 is 2.02. The van der Waals surface area contributed by atoms with Gasteiger partial charge in [-0.1, -0.05) is 29.4 Å². The van der Waals surface area contributed by atoms with Crippen molar-refractivity contribution < 1.29 is 5.21 Å². The van der Waals surface area contributed by atoms with E-state index in [1.165, 1.54) is 17.9 Å². The topological polar surface area (TPSA) is 61.9 Å². The number of nitrogens with two attached hydrogens (primary N) is 1.